The maximum Gasteiger partial charge on any atom is 0.339 e. The maximum atomic E-state index is 11.1. The normalized spacial score (nSPS) is 10.2. The predicted molar refractivity (Wildman–Crippen MR) is 76.6 cm³/mol. The van der Waals surface area contributed by atoms with Crippen LogP contribution in [0.15, 0.2) is 36.4 Å². The lowest BCUT2D eigenvalue weighted by Crippen LogP contribution is -2.00. The van der Waals surface area contributed by atoms with Crippen molar-refractivity contribution in [1.29, 1.82) is 0 Å². The topological polar surface area (TPSA) is 89.7 Å². The third-order valence-corrected chi connectivity index (χ3v) is 3.06. The Labute approximate surface area is 128 Å². The Morgan fingerprint density at radius 3 is 2.48 bits per heavy atom. The maximum absolute atomic E-state index is 11.1. The number of nitro benzene ring substituents is 1. The van der Waals surface area contributed by atoms with E-state index >= 15 is 0 Å². The van der Waals surface area contributed by atoms with Crippen molar-refractivity contribution in [3.63, 3.8) is 0 Å². The highest BCUT2D eigenvalue weighted by Gasteiger charge is 2.16. The van der Waals surface area contributed by atoms with Crippen LogP contribution in [-0.2, 0) is 0 Å². The fourth-order valence-corrected chi connectivity index (χ4v) is 1.99. The van der Waals surface area contributed by atoms with E-state index in [0.717, 1.165) is 0 Å². The molecule has 2 aromatic carbocycles. The lowest BCUT2D eigenvalue weighted by molar-refractivity contribution is -0.384. The van der Waals surface area contributed by atoms with Crippen molar-refractivity contribution < 1.29 is 19.6 Å². The van der Waals surface area contributed by atoms with Crippen LogP contribution >= 0.6 is 23.2 Å². The Balaban J connectivity index is 2.38. The van der Waals surface area contributed by atoms with E-state index in [1.54, 1.807) is 0 Å². The molecule has 8 heteroatoms. The molecule has 0 saturated carbocycles. The molecule has 2 rings (SSSR count). The van der Waals surface area contributed by atoms with E-state index in [0.29, 0.717) is 5.02 Å². The summed E-state index contributed by atoms with van der Waals surface area (Å²) in [6.07, 6.45) is 0. The number of nitrogens with zero attached hydrogens (tertiary/aromatic N) is 1. The smallest absolute Gasteiger partial charge is 0.339 e. The Morgan fingerprint density at radius 2 is 1.90 bits per heavy atom. The van der Waals surface area contributed by atoms with Gasteiger partial charge in [-0.3, -0.25) is 10.1 Å². The third-order valence-electron chi connectivity index (χ3n) is 2.52. The van der Waals surface area contributed by atoms with Crippen LogP contribution in [0.1, 0.15) is 10.4 Å². The summed E-state index contributed by atoms with van der Waals surface area (Å²) < 4.78 is 5.39. The predicted octanol–water partition coefficient (Wildman–Crippen LogP) is 4.39. The van der Waals surface area contributed by atoms with Crippen molar-refractivity contribution in [3.05, 3.63) is 62.1 Å². The van der Waals surface area contributed by atoms with Gasteiger partial charge in [0, 0.05) is 23.2 Å². The van der Waals surface area contributed by atoms with Gasteiger partial charge in [-0.2, -0.15) is 0 Å². The number of hydrogen-bond acceptors (Lipinski definition) is 4. The van der Waals surface area contributed by atoms with Crippen molar-refractivity contribution in [1.82, 2.24) is 0 Å². The zero-order valence-corrected chi connectivity index (χ0v) is 11.8. The van der Waals surface area contributed by atoms with E-state index in [2.05, 4.69) is 0 Å². The van der Waals surface area contributed by atoms with Crippen LogP contribution in [0.25, 0.3) is 0 Å². The van der Waals surface area contributed by atoms with Gasteiger partial charge < -0.3 is 9.84 Å². The largest absolute Gasteiger partial charge is 0.478 e. The van der Waals surface area contributed by atoms with Crippen LogP contribution in [0, 0.1) is 10.1 Å². The third kappa shape index (κ3) is 3.42. The minimum atomic E-state index is -1.19. The molecule has 0 bridgehead atoms. The molecule has 0 spiro atoms. The van der Waals surface area contributed by atoms with Gasteiger partial charge in [0.1, 0.15) is 22.1 Å². The standard InChI is InChI=1S/C13H7Cl2NO5/c14-7-1-3-9(13(17)18)12(5-7)21-8-2-4-11(16(19)20)10(15)6-8/h1-6H,(H,17,18). The zero-order chi connectivity index (χ0) is 15.6. The van der Waals surface area contributed by atoms with E-state index in [9.17, 15) is 14.9 Å². The molecular weight excluding hydrogens is 321 g/mol. The Bertz CT molecular complexity index is 732. The molecule has 0 atom stereocenters. The molecule has 21 heavy (non-hydrogen) atoms. The minimum absolute atomic E-state index is 0.0138. The van der Waals surface area contributed by atoms with E-state index in [1.807, 2.05) is 0 Å². The van der Waals surface area contributed by atoms with Crippen LogP contribution in [0.5, 0.6) is 11.5 Å². The van der Waals surface area contributed by atoms with Gasteiger partial charge in [-0.25, -0.2) is 4.79 Å². The second-order valence-corrected chi connectivity index (χ2v) is 4.76. The quantitative estimate of drug-likeness (QED) is 0.664. The van der Waals surface area contributed by atoms with Gasteiger partial charge in [-0.05, 0) is 18.2 Å². The molecule has 0 aliphatic heterocycles. The van der Waals surface area contributed by atoms with Crippen LogP contribution < -0.4 is 4.74 Å². The van der Waals surface area contributed by atoms with Crippen molar-refractivity contribution in [2.75, 3.05) is 0 Å². The molecule has 0 aromatic heterocycles. The molecule has 0 aliphatic carbocycles. The molecule has 108 valence electrons. The first-order valence-electron chi connectivity index (χ1n) is 5.53. The average molecular weight is 328 g/mol. The van der Waals surface area contributed by atoms with E-state index in [4.69, 9.17) is 33.0 Å². The van der Waals surface area contributed by atoms with Gasteiger partial charge >= 0.3 is 5.97 Å². The van der Waals surface area contributed by atoms with Crippen molar-refractivity contribution in [2.24, 2.45) is 0 Å². The molecule has 0 amide bonds. The molecule has 0 heterocycles. The fourth-order valence-electron chi connectivity index (χ4n) is 1.58. The first-order valence-corrected chi connectivity index (χ1v) is 6.28. The van der Waals surface area contributed by atoms with E-state index in [1.165, 1.54) is 36.4 Å². The van der Waals surface area contributed by atoms with Gasteiger partial charge in [0.2, 0.25) is 0 Å². The second kappa shape index (κ2) is 5.99. The molecule has 0 aliphatic rings. The molecule has 0 radical (unpaired) electrons. The second-order valence-electron chi connectivity index (χ2n) is 3.92. The summed E-state index contributed by atoms with van der Waals surface area (Å²) in [5, 5.41) is 19.9. The summed E-state index contributed by atoms with van der Waals surface area (Å²) in [6.45, 7) is 0. The van der Waals surface area contributed by atoms with Crippen molar-refractivity contribution in [3.8, 4) is 11.5 Å². The van der Waals surface area contributed by atoms with Gasteiger partial charge in [-0.1, -0.05) is 23.2 Å². The number of benzene rings is 2. The highest BCUT2D eigenvalue weighted by Crippen LogP contribution is 2.33. The summed E-state index contributed by atoms with van der Waals surface area (Å²) in [4.78, 5) is 21.1. The van der Waals surface area contributed by atoms with Crippen molar-refractivity contribution >= 4 is 34.9 Å². The molecule has 6 nitrogen and oxygen atoms in total. The first-order chi connectivity index (χ1) is 9.88. The number of ether oxygens (including phenoxy) is 1. The highest BCUT2D eigenvalue weighted by molar-refractivity contribution is 6.32. The van der Waals surface area contributed by atoms with Gasteiger partial charge in [0.05, 0.1) is 4.92 Å². The van der Waals surface area contributed by atoms with Crippen molar-refractivity contribution in [2.45, 2.75) is 0 Å². The number of carbonyl (C=O) groups is 1. The number of nitro groups is 1. The van der Waals surface area contributed by atoms with Gasteiger partial charge in [0.25, 0.3) is 5.69 Å². The van der Waals surface area contributed by atoms with Crippen LogP contribution in [0.3, 0.4) is 0 Å². The molecule has 0 saturated heterocycles. The summed E-state index contributed by atoms with van der Waals surface area (Å²) in [7, 11) is 0. The van der Waals surface area contributed by atoms with Crippen LogP contribution in [0.2, 0.25) is 10.0 Å². The van der Waals surface area contributed by atoms with Gasteiger partial charge in [0.15, 0.2) is 0 Å². The lowest BCUT2D eigenvalue weighted by atomic mass is 10.2. The number of aromatic carboxylic acids is 1. The summed E-state index contributed by atoms with van der Waals surface area (Å²) >= 11 is 11.6. The highest BCUT2D eigenvalue weighted by atomic mass is 35.5. The van der Waals surface area contributed by atoms with E-state index in [-0.39, 0.29) is 27.8 Å². The Kier molecular flexibility index (Phi) is 4.30. The molecule has 2 aromatic rings. The summed E-state index contributed by atoms with van der Waals surface area (Å²) in [5.74, 6) is -1.01. The van der Waals surface area contributed by atoms with Gasteiger partial charge in [-0.15, -0.1) is 0 Å². The molecule has 1 N–H and O–H groups in total. The average Bonchev–Trinajstić information content (AvgIpc) is 2.37. The first kappa shape index (κ1) is 15.1. The lowest BCUT2D eigenvalue weighted by Gasteiger charge is -2.09. The van der Waals surface area contributed by atoms with E-state index < -0.39 is 10.9 Å². The minimum Gasteiger partial charge on any atom is -0.478 e. The van der Waals surface area contributed by atoms with Crippen LogP contribution in [-0.4, -0.2) is 16.0 Å². The number of rotatable bonds is 4. The Hall–Kier alpha value is -2.31. The zero-order valence-electron chi connectivity index (χ0n) is 10.2. The number of hydrogen-bond donors (Lipinski definition) is 1. The molecule has 0 unspecified atom stereocenters. The number of carboxylic acid groups (broad SMARTS) is 1. The Morgan fingerprint density at radius 1 is 1.19 bits per heavy atom. The monoisotopic (exact) mass is 327 g/mol. The SMILES string of the molecule is O=C(O)c1ccc(Cl)cc1Oc1ccc([N+](=O)[O-])c(Cl)c1. The summed E-state index contributed by atoms with van der Waals surface area (Å²) in [6, 6.07) is 7.76. The fraction of sp³-hybridized carbons (Fsp3) is 0. The number of halogens is 2. The van der Waals surface area contributed by atoms with Crippen LogP contribution in [0.4, 0.5) is 5.69 Å². The number of carboxylic acids is 1. The molecule has 0 fully saturated rings. The molecular formula is C13H7Cl2NO5. The summed E-state index contributed by atoms with van der Waals surface area (Å²) in [5.41, 5.74) is -0.359.